The highest BCUT2D eigenvalue weighted by Crippen LogP contribution is 2.30. The van der Waals surface area contributed by atoms with Gasteiger partial charge in [-0.1, -0.05) is 25.8 Å². The first-order chi connectivity index (χ1) is 12.4. The lowest BCUT2D eigenvalue weighted by molar-refractivity contribution is -0.118. The molecule has 0 bridgehead atoms. The van der Waals surface area contributed by atoms with Gasteiger partial charge in [0.25, 0.3) is 5.91 Å². The number of rotatable bonds is 6. The van der Waals surface area contributed by atoms with Gasteiger partial charge in [-0.25, -0.2) is 0 Å². The van der Waals surface area contributed by atoms with Crippen LogP contribution in [0.5, 0.6) is 11.5 Å². The van der Waals surface area contributed by atoms with E-state index in [2.05, 4.69) is 17.0 Å². The second-order valence-electron chi connectivity index (χ2n) is 6.30. The highest BCUT2D eigenvalue weighted by Gasteiger charge is 2.24. The fraction of sp³-hybridized carbons (Fsp3) is 0.474. The summed E-state index contributed by atoms with van der Waals surface area (Å²) in [4.78, 5) is 12.4. The fourth-order valence-corrected chi connectivity index (χ4v) is 3.06. The number of nitrogens with one attached hydrogen (secondary N) is 1. The molecule has 0 spiro atoms. The van der Waals surface area contributed by atoms with E-state index in [-0.39, 0.29) is 23.1 Å². The number of carbonyl (C=O) groups excluding carboxylic acids is 1. The molecule has 1 aromatic carbocycles. The first kappa shape index (κ1) is 19.7. The number of nitriles is 1. The van der Waals surface area contributed by atoms with Crippen LogP contribution in [0.15, 0.2) is 23.8 Å². The van der Waals surface area contributed by atoms with Crippen molar-refractivity contribution in [2.45, 2.75) is 45.3 Å². The molecule has 0 heterocycles. The topological polar surface area (TPSA) is 71.3 Å². The molecule has 1 N–H and O–H groups in total. The average Bonchev–Trinajstić information content (AvgIpc) is 2.61. The van der Waals surface area contributed by atoms with Crippen LogP contribution in [-0.2, 0) is 4.79 Å². The molecule has 140 valence electrons. The van der Waals surface area contributed by atoms with Crippen molar-refractivity contribution >= 4 is 12.0 Å². The number of nitrogens with zero attached hydrogens (tertiary/aromatic N) is 1. The van der Waals surface area contributed by atoms with Crippen molar-refractivity contribution in [2.75, 3.05) is 7.11 Å². The van der Waals surface area contributed by atoms with Crippen LogP contribution >= 0.6 is 0 Å². The van der Waals surface area contributed by atoms with Crippen LogP contribution in [0.1, 0.15) is 38.2 Å². The van der Waals surface area contributed by atoms with Crippen LogP contribution in [0.3, 0.4) is 0 Å². The zero-order chi connectivity index (χ0) is 19.1. The molecule has 0 aliphatic heterocycles. The van der Waals surface area contributed by atoms with Gasteiger partial charge >= 0.3 is 6.61 Å². The molecule has 0 saturated heterocycles. The smallest absolute Gasteiger partial charge is 0.387 e. The Kier molecular flexibility index (Phi) is 6.96. The molecule has 1 fully saturated rings. The number of benzene rings is 1. The molecular weight excluding hydrogens is 342 g/mol. The summed E-state index contributed by atoms with van der Waals surface area (Å²) in [5.74, 6) is -0.116. The predicted octanol–water partition coefficient (Wildman–Crippen LogP) is 3.90. The van der Waals surface area contributed by atoms with E-state index in [1.54, 1.807) is 6.07 Å². The third-order valence-corrected chi connectivity index (χ3v) is 4.51. The molecule has 1 saturated carbocycles. The van der Waals surface area contributed by atoms with Gasteiger partial charge in [0.15, 0.2) is 11.5 Å². The summed E-state index contributed by atoms with van der Waals surface area (Å²) >= 11 is 0. The van der Waals surface area contributed by atoms with Gasteiger partial charge in [-0.2, -0.15) is 14.0 Å². The number of ether oxygens (including phenoxy) is 2. The Hall–Kier alpha value is -2.62. The summed E-state index contributed by atoms with van der Waals surface area (Å²) in [5, 5.41) is 12.2. The summed E-state index contributed by atoms with van der Waals surface area (Å²) in [6.45, 7) is -0.924. The molecule has 2 rings (SSSR count). The van der Waals surface area contributed by atoms with Crippen molar-refractivity contribution in [1.82, 2.24) is 5.32 Å². The van der Waals surface area contributed by atoms with E-state index < -0.39 is 12.5 Å². The minimum atomic E-state index is -3.00. The molecule has 0 aromatic heterocycles. The van der Waals surface area contributed by atoms with E-state index in [1.165, 1.54) is 25.3 Å². The maximum atomic E-state index is 12.5. The van der Waals surface area contributed by atoms with E-state index in [0.717, 1.165) is 25.7 Å². The van der Waals surface area contributed by atoms with E-state index in [0.29, 0.717) is 11.5 Å². The monoisotopic (exact) mass is 364 g/mol. The van der Waals surface area contributed by atoms with Crippen molar-refractivity contribution in [2.24, 2.45) is 5.92 Å². The van der Waals surface area contributed by atoms with Gasteiger partial charge in [0.1, 0.15) is 11.6 Å². The van der Waals surface area contributed by atoms with Crippen molar-refractivity contribution < 1.29 is 23.0 Å². The SMILES string of the molecule is COc1ccc(/C=C(\C#N)C(=O)NC2CCCCC2C)cc1OC(F)F. The second kappa shape index (κ2) is 9.18. The van der Waals surface area contributed by atoms with Gasteiger partial charge in [-0.3, -0.25) is 4.79 Å². The number of hydrogen-bond donors (Lipinski definition) is 1. The summed E-state index contributed by atoms with van der Waals surface area (Å²) in [5.41, 5.74) is 0.306. The fourth-order valence-electron chi connectivity index (χ4n) is 3.06. The number of methoxy groups -OCH3 is 1. The minimum absolute atomic E-state index is 0.0431. The lowest BCUT2D eigenvalue weighted by atomic mass is 9.86. The molecule has 1 aliphatic rings. The number of carbonyl (C=O) groups is 1. The molecule has 1 aliphatic carbocycles. The van der Waals surface area contributed by atoms with Gasteiger partial charge in [0.05, 0.1) is 7.11 Å². The maximum Gasteiger partial charge on any atom is 0.387 e. The van der Waals surface area contributed by atoms with Gasteiger partial charge in [0, 0.05) is 6.04 Å². The first-order valence-electron chi connectivity index (χ1n) is 8.50. The molecule has 7 heteroatoms. The summed E-state index contributed by atoms with van der Waals surface area (Å²) in [6.07, 6.45) is 5.48. The van der Waals surface area contributed by atoms with Gasteiger partial charge in [-0.05, 0) is 42.5 Å². The Bertz CT molecular complexity index is 713. The first-order valence-corrected chi connectivity index (χ1v) is 8.50. The van der Waals surface area contributed by atoms with E-state index in [9.17, 15) is 18.8 Å². The Labute approximate surface area is 151 Å². The van der Waals surface area contributed by atoms with Crippen molar-refractivity contribution in [3.05, 3.63) is 29.3 Å². The van der Waals surface area contributed by atoms with Gasteiger partial charge in [0.2, 0.25) is 0 Å². The predicted molar refractivity (Wildman–Crippen MR) is 92.8 cm³/mol. The molecule has 2 atom stereocenters. The lowest BCUT2D eigenvalue weighted by Gasteiger charge is -2.29. The highest BCUT2D eigenvalue weighted by molar-refractivity contribution is 6.01. The van der Waals surface area contributed by atoms with Crippen LogP contribution in [0.2, 0.25) is 0 Å². The molecule has 1 amide bonds. The molecule has 1 aromatic rings. The third-order valence-electron chi connectivity index (χ3n) is 4.51. The largest absolute Gasteiger partial charge is 0.493 e. The zero-order valence-electron chi connectivity index (χ0n) is 14.8. The summed E-state index contributed by atoms with van der Waals surface area (Å²) in [6, 6.07) is 6.22. The average molecular weight is 364 g/mol. The van der Waals surface area contributed by atoms with E-state index >= 15 is 0 Å². The standard InChI is InChI=1S/C19H22F2N2O3/c1-12-5-3-4-6-15(12)23-18(24)14(11-22)9-13-7-8-16(25-2)17(10-13)26-19(20)21/h7-10,12,15,19H,3-6H2,1-2H3,(H,23,24)/b14-9+. The number of hydrogen-bond acceptors (Lipinski definition) is 4. The lowest BCUT2D eigenvalue weighted by Crippen LogP contribution is -2.41. The zero-order valence-corrected chi connectivity index (χ0v) is 14.8. The van der Waals surface area contributed by atoms with E-state index in [4.69, 9.17) is 4.74 Å². The normalized spacial score (nSPS) is 20.4. The van der Waals surface area contributed by atoms with Crippen molar-refractivity contribution in [3.63, 3.8) is 0 Å². The third kappa shape index (κ3) is 5.19. The summed E-state index contributed by atoms with van der Waals surface area (Å²) < 4.78 is 34.4. The van der Waals surface area contributed by atoms with Gasteiger partial charge < -0.3 is 14.8 Å². The van der Waals surface area contributed by atoms with Crippen LogP contribution in [0, 0.1) is 17.2 Å². The Morgan fingerprint density at radius 1 is 1.35 bits per heavy atom. The summed E-state index contributed by atoms with van der Waals surface area (Å²) in [7, 11) is 1.34. The van der Waals surface area contributed by atoms with Crippen LogP contribution in [0.25, 0.3) is 6.08 Å². The molecular formula is C19H22F2N2O3. The van der Waals surface area contributed by atoms with Crippen LogP contribution < -0.4 is 14.8 Å². The number of alkyl halides is 2. The maximum absolute atomic E-state index is 12.5. The van der Waals surface area contributed by atoms with Gasteiger partial charge in [-0.15, -0.1) is 0 Å². The Morgan fingerprint density at radius 3 is 2.69 bits per heavy atom. The molecule has 2 unspecified atom stereocenters. The van der Waals surface area contributed by atoms with Crippen LogP contribution in [-0.4, -0.2) is 25.7 Å². The van der Waals surface area contributed by atoms with Crippen LogP contribution in [0.4, 0.5) is 8.78 Å². The molecule has 0 radical (unpaired) electrons. The molecule has 26 heavy (non-hydrogen) atoms. The Balaban J connectivity index is 2.19. The van der Waals surface area contributed by atoms with E-state index in [1.807, 2.05) is 6.07 Å². The van der Waals surface area contributed by atoms with Crippen molar-refractivity contribution in [1.29, 1.82) is 5.26 Å². The highest BCUT2D eigenvalue weighted by atomic mass is 19.3. The van der Waals surface area contributed by atoms with Crippen molar-refractivity contribution in [3.8, 4) is 17.6 Å². The second-order valence-corrected chi connectivity index (χ2v) is 6.30. The number of amides is 1. The minimum Gasteiger partial charge on any atom is -0.493 e. The Morgan fingerprint density at radius 2 is 2.08 bits per heavy atom. The number of halogens is 2. The molecule has 5 nitrogen and oxygen atoms in total. The quantitative estimate of drug-likeness (QED) is 0.614.